The lowest BCUT2D eigenvalue weighted by atomic mass is 10.2. The van der Waals surface area contributed by atoms with Gasteiger partial charge in [0.1, 0.15) is 0 Å². The van der Waals surface area contributed by atoms with Gasteiger partial charge in [0.05, 0.1) is 25.9 Å². The molecular formula is C12H16O3. The zero-order valence-electron chi connectivity index (χ0n) is 8.54. The molecule has 0 spiro atoms. The van der Waals surface area contributed by atoms with Crippen molar-refractivity contribution in [1.29, 1.82) is 0 Å². The molecule has 1 rings (SSSR count). The smallest absolute Gasteiger partial charge is 0.0952 e. The van der Waals surface area contributed by atoms with Crippen molar-refractivity contribution in [2.24, 2.45) is 0 Å². The lowest BCUT2D eigenvalue weighted by Crippen LogP contribution is -2.07. The standard InChI is InChI=1S/C12H16O3/c13-9-12(14)7-4-8-15-10-11-5-2-1-3-6-11/h1-7,12-14H,8-10H2/t12-/m0/s1. The zero-order valence-corrected chi connectivity index (χ0v) is 8.54. The third kappa shape index (κ3) is 5.32. The van der Waals surface area contributed by atoms with E-state index in [9.17, 15) is 0 Å². The fraction of sp³-hybridized carbons (Fsp3) is 0.333. The normalized spacial score (nSPS) is 13.2. The molecule has 0 aliphatic rings. The van der Waals surface area contributed by atoms with Crippen LogP contribution in [0.25, 0.3) is 0 Å². The maximum absolute atomic E-state index is 8.98. The zero-order chi connectivity index (χ0) is 10.9. The summed E-state index contributed by atoms with van der Waals surface area (Å²) in [6, 6.07) is 9.87. The maximum Gasteiger partial charge on any atom is 0.0952 e. The summed E-state index contributed by atoms with van der Waals surface area (Å²) in [4.78, 5) is 0. The van der Waals surface area contributed by atoms with Crippen molar-refractivity contribution in [1.82, 2.24) is 0 Å². The van der Waals surface area contributed by atoms with Crippen LogP contribution in [-0.2, 0) is 11.3 Å². The largest absolute Gasteiger partial charge is 0.393 e. The molecular weight excluding hydrogens is 192 g/mol. The van der Waals surface area contributed by atoms with Crippen LogP contribution in [0.5, 0.6) is 0 Å². The van der Waals surface area contributed by atoms with E-state index in [1.807, 2.05) is 30.3 Å². The van der Waals surface area contributed by atoms with E-state index in [4.69, 9.17) is 14.9 Å². The molecule has 0 aliphatic carbocycles. The van der Waals surface area contributed by atoms with E-state index in [1.54, 1.807) is 6.08 Å². The second-order valence-electron chi connectivity index (χ2n) is 3.18. The molecule has 0 heterocycles. The van der Waals surface area contributed by atoms with Crippen LogP contribution < -0.4 is 0 Å². The fourth-order valence-electron chi connectivity index (χ4n) is 1.09. The first-order chi connectivity index (χ1) is 7.33. The Morgan fingerprint density at radius 1 is 1.27 bits per heavy atom. The summed E-state index contributed by atoms with van der Waals surface area (Å²) in [6.45, 7) is 0.738. The molecule has 0 radical (unpaired) electrons. The molecule has 3 heteroatoms. The summed E-state index contributed by atoms with van der Waals surface area (Å²) in [6.07, 6.45) is 2.43. The van der Waals surface area contributed by atoms with Crippen molar-refractivity contribution in [2.75, 3.05) is 13.2 Å². The van der Waals surface area contributed by atoms with Gasteiger partial charge in [0.2, 0.25) is 0 Å². The van der Waals surface area contributed by atoms with E-state index >= 15 is 0 Å². The van der Waals surface area contributed by atoms with E-state index in [-0.39, 0.29) is 6.61 Å². The molecule has 0 saturated heterocycles. The molecule has 0 aliphatic heterocycles. The van der Waals surface area contributed by atoms with Gasteiger partial charge in [-0.1, -0.05) is 42.5 Å². The molecule has 2 N–H and O–H groups in total. The Morgan fingerprint density at radius 3 is 2.67 bits per heavy atom. The van der Waals surface area contributed by atoms with Gasteiger partial charge in [-0.25, -0.2) is 0 Å². The first-order valence-electron chi connectivity index (χ1n) is 4.90. The van der Waals surface area contributed by atoms with Crippen LogP contribution in [0.4, 0.5) is 0 Å². The molecule has 0 unspecified atom stereocenters. The third-order valence-electron chi connectivity index (χ3n) is 1.87. The van der Waals surface area contributed by atoms with E-state index in [1.165, 1.54) is 6.08 Å². The van der Waals surface area contributed by atoms with Gasteiger partial charge in [0.25, 0.3) is 0 Å². The van der Waals surface area contributed by atoms with Gasteiger partial charge >= 0.3 is 0 Å². The number of hydrogen-bond acceptors (Lipinski definition) is 3. The Kier molecular flexibility index (Phi) is 5.70. The van der Waals surface area contributed by atoms with Gasteiger partial charge in [0.15, 0.2) is 0 Å². The highest BCUT2D eigenvalue weighted by molar-refractivity contribution is 5.13. The number of hydrogen-bond donors (Lipinski definition) is 2. The average Bonchev–Trinajstić information content (AvgIpc) is 2.29. The van der Waals surface area contributed by atoms with Crippen LogP contribution in [0.15, 0.2) is 42.5 Å². The van der Waals surface area contributed by atoms with Crippen LogP contribution in [0.2, 0.25) is 0 Å². The van der Waals surface area contributed by atoms with Crippen LogP contribution in [0, 0.1) is 0 Å². The number of ether oxygens (including phenoxy) is 1. The Labute approximate surface area is 89.6 Å². The second kappa shape index (κ2) is 7.17. The third-order valence-corrected chi connectivity index (χ3v) is 1.87. The molecule has 1 atom stereocenters. The topological polar surface area (TPSA) is 49.7 Å². The summed E-state index contributed by atoms with van der Waals surface area (Å²) >= 11 is 0. The van der Waals surface area contributed by atoms with Gasteiger partial charge in [-0.05, 0) is 5.56 Å². The summed E-state index contributed by atoms with van der Waals surface area (Å²) in [5.41, 5.74) is 1.12. The minimum absolute atomic E-state index is 0.255. The van der Waals surface area contributed by atoms with Crippen molar-refractivity contribution < 1.29 is 14.9 Å². The van der Waals surface area contributed by atoms with Gasteiger partial charge in [-0.2, -0.15) is 0 Å². The average molecular weight is 208 g/mol. The van der Waals surface area contributed by atoms with Crippen molar-refractivity contribution in [3.8, 4) is 0 Å². The van der Waals surface area contributed by atoms with Crippen LogP contribution in [-0.4, -0.2) is 29.5 Å². The van der Waals surface area contributed by atoms with Crippen LogP contribution in [0.1, 0.15) is 5.56 Å². The number of rotatable bonds is 6. The monoisotopic (exact) mass is 208 g/mol. The molecule has 0 fully saturated rings. The molecule has 82 valence electrons. The summed E-state index contributed by atoms with van der Waals surface area (Å²) in [5, 5.41) is 17.5. The second-order valence-corrected chi connectivity index (χ2v) is 3.18. The highest BCUT2D eigenvalue weighted by Gasteiger charge is 1.93. The first-order valence-corrected chi connectivity index (χ1v) is 4.90. The summed E-state index contributed by atoms with van der Waals surface area (Å²) < 4.78 is 5.34. The van der Waals surface area contributed by atoms with E-state index in [2.05, 4.69) is 0 Å². The highest BCUT2D eigenvalue weighted by Crippen LogP contribution is 2.00. The molecule has 1 aromatic carbocycles. The molecule has 0 amide bonds. The molecule has 0 bridgehead atoms. The van der Waals surface area contributed by atoms with Gasteiger partial charge < -0.3 is 14.9 Å². The number of aliphatic hydroxyl groups excluding tert-OH is 2. The fourth-order valence-corrected chi connectivity index (χ4v) is 1.09. The molecule has 0 saturated carbocycles. The summed E-state index contributed by atoms with van der Waals surface area (Å²) in [5.74, 6) is 0. The minimum atomic E-state index is -0.787. The van der Waals surface area contributed by atoms with E-state index in [0.29, 0.717) is 13.2 Å². The lowest BCUT2D eigenvalue weighted by molar-refractivity contribution is 0.126. The van der Waals surface area contributed by atoms with Crippen molar-refractivity contribution in [3.05, 3.63) is 48.0 Å². The van der Waals surface area contributed by atoms with Crippen molar-refractivity contribution >= 4 is 0 Å². The molecule has 3 nitrogen and oxygen atoms in total. The van der Waals surface area contributed by atoms with Gasteiger partial charge in [-0.15, -0.1) is 0 Å². The number of benzene rings is 1. The molecule has 15 heavy (non-hydrogen) atoms. The van der Waals surface area contributed by atoms with Gasteiger partial charge in [-0.3, -0.25) is 0 Å². The molecule has 1 aromatic rings. The van der Waals surface area contributed by atoms with Crippen molar-refractivity contribution in [3.63, 3.8) is 0 Å². The van der Waals surface area contributed by atoms with Crippen LogP contribution >= 0.6 is 0 Å². The SMILES string of the molecule is OC[C@@H](O)C=CCOCc1ccccc1. The predicted molar refractivity (Wildman–Crippen MR) is 58.3 cm³/mol. The van der Waals surface area contributed by atoms with E-state index < -0.39 is 6.10 Å². The lowest BCUT2D eigenvalue weighted by Gasteiger charge is -2.01. The minimum Gasteiger partial charge on any atom is -0.393 e. The van der Waals surface area contributed by atoms with Crippen LogP contribution in [0.3, 0.4) is 0 Å². The Morgan fingerprint density at radius 2 is 2.00 bits per heavy atom. The quantitative estimate of drug-likeness (QED) is 0.544. The molecule has 0 aromatic heterocycles. The first kappa shape index (κ1) is 11.9. The highest BCUT2D eigenvalue weighted by atomic mass is 16.5. The Balaban J connectivity index is 2.15. The van der Waals surface area contributed by atoms with Crippen molar-refractivity contribution in [2.45, 2.75) is 12.7 Å². The van der Waals surface area contributed by atoms with Gasteiger partial charge in [0, 0.05) is 0 Å². The number of aliphatic hydroxyl groups is 2. The predicted octanol–water partition coefficient (Wildman–Crippen LogP) is 1.11. The Bertz CT molecular complexity index is 282. The summed E-state index contributed by atoms with van der Waals surface area (Å²) in [7, 11) is 0. The Hall–Kier alpha value is -1.16. The maximum atomic E-state index is 8.98. The van der Waals surface area contributed by atoms with E-state index in [0.717, 1.165) is 5.56 Å².